The number of ketones is 2. The third-order valence-corrected chi connectivity index (χ3v) is 8.65. The molecule has 0 atom stereocenters. The molecule has 0 unspecified atom stereocenters. The van der Waals surface area contributed by atoms with Gasteiger partial charge in [0.25, 0.3) is 10.1 Å². The molecule has 0 heterocycles. The molecule has 0 saturated heterocycles. The van der Waals surface area contributed by atoms with Crippen LogP contribution in [-0.2, 0) is 34.5 Å². The Labute approximate surface area is 216 Å². The predicted octanol–water partition coefficient (Wildman–Crippen LogP) is 1.63. The summed E-state index contributed by atoms with van der Waals surface area (Å²) in [5.41, 5.74) is 2.51. The highest BCUT2D eigenvalue weighted by atomic mass is 32.3. The van der Waals surface area contributed by atoms with E-state index in [9.17, 15) is 39.4 Å². The van der Waals surface area contributed by atoms with E-state index in [0.717, 1.165) is 0 Å². The number of carbonyl (C=O) groups excluding carboxylic acids is 2. The zero-order valence-electron chi connectivity index (χ0n) is 19.0. The van der Waals surface area contributed by atoms with Crippen LogP contribution in [-0.4, -0.2) is 58.3 Å². The Balaban J connectivity index is 2.13. The minimum atomic E-state index is -5.35. The Kier molecular flexibility index (Phi) is 6.89. The number of hydrogen-bond acceptors (Lipinski definition) is 11. The number of nitrogens with two attached hydrogens (primary N) is 1. The SMILES string of the molecule is Nc1c2c(c(S(=O)(=O)CCOS(=O)(=O)O)c(Nc3ccccc3)c1S(=O)(=O)O)C(=O)c1ccccc1C2=O. The van der Waals surface area contributed by atoms with Gasteiger partial charge in [-0.2, -0.15) is 16.8 Å². The number of anilines is 3. The fourth-order valence-electron chi connectivity index (χ4n) is 4.03. The number of hydrogen-bond donors (Lipinski definition) is 4. The predicted molar refractivity (Wildman–Crippen MR) is 133 cm³/mol. The van der Waals surface area contributed by atoms with Crippen molar-refractivity contribution < 1.29 is 48.1 Å². The van der Waals surface area contributed by atoms with Crippen molar-refractivity contribution in [3.63, 3.8) is 0 Å². The summed E-state index contributed by atoms with van der Waals surface area (Å²) >= 11 is 0. The van der Waals surface area contributed by atoms with Gasteiger partial charge in [-0.05, 0) is 12.1 Å². The number of nitrogen functional groups attached to an aromatic ring is 1. The van der Waals surface area contributed by atoms with Crippen molar-refractivity contribution in [3.05, 3.63) is 76.9 Å². The van der Waals surface area contributed by atoms with Gasteiger partial charge >= 0.3 is 10.4 Å². The van der Waals surface area contributed by atoms with E-state index in [4.69, 9.17) is 10.3 Å². The Morgan fingerprint density at radius 1 is 0.763 bits per heavy atom. The van der Waals surface area contributed by atoms with Crippen molar-refractivity contribution in [2.75, 3.05) is 23.4 Å². The molecule has 16 heteroatoms. The van der Waals surface area contributed by atoms with E-state index in [1.54, 1.807) is 6.07 Å². The molecule has 13 nitrogen and oxygen atoms in total. The Hall–Kier alpha value is -3.67. The summed E-state index contributed by atoms with van der Waals surface area (Å²) in [5.74, 6) is -3.16. The fourth-order valence-corrected chi connectivity index (χ4v) is 6.77. The maximum Gasteiger partial charge on any atom is 0.397 e. The molecule has 0 bridgehead atoms. The van der Waals surface area contributed by atoms with Crippen LogP contribution in [0.1, 0.15) is 31.8 Å². The van der Waals surface area contributed by atoms with Crippen LogP contribution in [0.2, 0.25) is 0 Å². The quantitative estimate of drug-likeness (QED) is 0.171. The summed E-state index contributed by atoms with van der Waals surface area (Å²) in [6.45, 7) is -1.13. The second kappa shape index (κ2) is 9.57. The lowest BCUT2D eigenvalue weighted by molar-refractivity contribution is 0.0977. The molecule has 0 saturated carbocycles. The fraction of sp³-hybridized carbons (Fsp3) is 0.0909. The molecule has 5 N–H and O–H groups in total. The Bertz CT molecular complexity index is 1820. The highest BCUT2D eigenvalue weighted by Gasteiger charge is 2.42. The second-order valence-electron chi connectivity index (χ2n) is 7.94. The van der Waals surface area contributed by atoms with Gasteiger partial charge in [0.2, 0.25) is 0 Å². The lowest BCUT2D eigenvalue weighted by Gasteiger charge is -2.26. The minimum Gasteiger partial charge on any atom is -0.397 e. The van der Waals surface area contributed by atoms with Gasteiger partial charge in [0.1, 0.15) is 9.79 Å². The zero-order valence-corrected chi connectivity index (χ0v) is 21.4. The second-order valence-corrected chi connectivity index (χ2v) is 12.4. The molecule has 4 rings (SSSR count). The minimum absolute atomic E-state index is 0.109. The summed E-state index contributed by atoms with van der Waals surface area (Å²) in [4.78, 5) is 24.8. The van der Waals surface area contributed by atoms with Crippen molar-refractivity contribution in [2.45, 2.75) is 9.79 Å². The summed E-state index contributed by atoms with van der Waals surface area (Å²) in [6.07, 6.45) is 0. The number of nitrogens with one attached hydrogen (secondary N) is 1. The molecular weight excluding hydrogens is 564 g/mol. The average Bonchev–Trinajstić information content (AvgIpc) is 2.81. The Morgan fingerprint density at radius 2 is 1.29 bits per heavy atom. The molecule has 38 heavy (non-hydrogen) atoms. The topological polar surface area (TPSA) is 224 Å². The maximum atomic E-state index is 13.6. The zero-order chi connectivity index (χ0) is 28.0. The molecule has 0 fully saturated rings. The van der Waals surface area contributed by atoms with E-state index >= 15 is 0 Å². The van der Waals surface area contributed by atoms with Crippen LogP contribution in [0.4, 0.5) is 17.1 Å². The van der Waals surface area contributed by atoms with Crippen molar-refractivity contribution >= 4 is 59.0 Å². The van der Waals surface area contributed by atoms with E-state index in [0.29, 0.717) is 0 Å². The molecular formula is C22H18N2O11S3. The molecule has 200 valence electrons. The van der Waals surface area contributed by atoms with Crippen molar-refractivity contribution in [2.24, 2.45) is 0 Å². The van der Waals surface area contributed by atoms with Crippen LogP contribution < -0.4 is 11.1 Å². The molecule has 3 aromatic carbocycles. The monoisotopic (exact) mass is 582 g/mol. The first-order valence-corrected chi connectivity index (χ1v) is 14.9. The van der Waals surface area contributed by atoms with E-state index < -0.39 is 86.6 Å². The molecule has 0 aliphatic heterocycles. The number of carbonyl (C=O) groups is 2. The van der Waals surface area contributed by atoms with E-state index in [-0.39, 0.29) is 16.8 Å². The van der Waals surface area contributed by atoms with Gasteiger partial charge in [-0.3, -0.25) is 18.7 Å². The van der Waals surface area contributed by atoms with Crippen molar-refractivity contribution in [3.8, 4) is 0 Å². The number of sulfone groups is 1. The average molecular weight is 583 g/mol. The number of rotatable bonds is 8. The van der Waals surface area contributed by atoms with Crippen LogP contribution in [0.3, 0.4) is 0 Å². The molecule has 1 aliphatic carbocycles. The largest absolute Gasteiger partial charge is 0.397 e. The van der Waals surface area contributed by atoms with E-state index in [1.165, 1.54) is 48.5 Å². The first-order chi connectivity index (χ1) is 17.6. The van der Waals surface area contributed by atoms with Gasteiger partial charge < -0.3 is 11.1 Å². The van der Waals surface area contributed by atoms with E-state index in [1.807, 2.05) is 0 Å². The molecule has 0 spiro atoms. The third-order valence-electron chi connectivity index (χ3n) is 5.51. The number of fused-ring (bicyclic) bond motifs is 2. The molecule has 3 aromatic rings. The highest BCUT2D eigenvalue weighted by Crippen LogP contribution is 2.45. The van der Waals surface area contributed by atoms with Crippen LogP contribution in [0.25, 0.3) is 0 Å². The van der Waals surface area contributed by atoms with Crippen LogP contribution in [0, 0.1) is 0 Å². The summed E-state index contributed by atoms with van der Waals surface area (Å²) in [5, 5.41) is 2.54. The maximum absolute atomic E-state index is 13.6. The van der Waals surface area contributed by atoms with Crippen molar-refractivity contribution in [1.82, 2.24) is 0 Å². The van der Waals surface area contributed by atoms with Gasteiger partial charge in [-0.25, -0.2) is 12.6 Å². The highest BCUT2D eigenvalue weighted by molar-refractivity contribution is 7.92. The molecule has 0 aromatic heterocycles. The third kappa shape index (κ3) is 5.04. The van der Waals surface area contributed by atoms with Gasteiger partial charge in [0, 0.05) is 16.8 Å². The smallest absolute Gasteiger partial charge is 0.397 e. The Morgan fingerprint density at radius 3 is 1.82 bits per heavy atom. The lowest BCUT2D eigenvalue weighted by Crippen LogP contribution is -2.29. The summed E-state index contributed by atoms with van der Waals surface area (Å²) in [6, 6.07) is 12.8. The first-order valence-electron chi connectivity index (χ1n) is 10.5. The van der Waals surface area contributed by atoms with Crippen LogP contribution in [0.15, 0.2) is 64.4 Å². The lowest BCUT2D eigenvalue weighted by atomic mass is 9.83. The van der Waals surface area contributed by atoms with Gasteiger partial charge in [0.05, 0.1) is 34.9 Å². The van der Waals surface area contributed by atoms with E-state index in [2.05, 4.69) is 9.50 Å². The first kappa shape index (κ1) is 27.4. The summed E-state index contributed by atoms with van der Waals surface area (Å²) < 4.78 is 97.1. The van der Waals surface area contributed by atoms with Gasteiger partial charge in [-0.15, -0.1) is 0 Å². The molecule has 0 amide bonds. The molecule has 1 aliphatic rings. The van der Waals surface area contributed by atoms with Crippen LogP contribution >= 0.6 is 0 Å². The van der Waals surface area contributed by atoms with Crippen LogP contribution in [0.5, 0.6) is 0 Å². The normalized spacial score (nSPS) is 13.6. The van der Waals surface area contributed by atoms with Crippen molar-refractivity contribution in [1.29, 1.82) is 0 Å². The standard InChI is InChI=1S/C22H18N2O11S3/c23-17-15-16(20(26)14-9-5-4-8-13(14)19(15)25)21(36(27,28)11-10-35-38(32,33)34)18(22(17)37(29,30)31)24-12-6-2-1-3-7-12/h1-9,24H,10-11,23H2,(H,29,30,31)(H,32,33,34). The molecule has 0 radical (unpaired) electrons. The van der Waals surface area contributed by atoms with Gasteiger partial charge in [0.15, 0.2) is 21.4 Å². The summed E-state index contributed by atoms with van der Waals surface area (Å²) in [7, 11) is -15.3. The number of para-hydroxylation sites is 1. The van der Waals surface area contributed by atoms with Gasteiger partial charge in [-0.1, -0.05) is 42.5 Å². The number of benzene rings is 3.